The summed E-state index contributed by atoms with van der Waals surface area (Å²) in [6, 6.07) is 13.1. The SMILES string of the molecule is CCOc1ccc(N(CCCC(=O)N(Cc2ccc(Cl)cc2)[C@@H](C)C(=O)NC)S(C)(=O)=O)cc1. The maximum Gasteiger partial charge on any atom is 0.242 e. The molecule has 0 aliphatic carbocycles. The maximum absolute atomic E-state index is 13.1. The number of nitrogens with zero attached hydrogens (tertiary/aromatic N) is 2. The molecule has 10 heteroatoms. The third-order valence-electron chi connectivity index (χ3n) is 5.27. The summed E-state index contributed by atoms with van der Waals surface area (Å²) in [5, 5.41) is 3.15. The average molecular weight is 510 g/mol. The van der Waals surface area contributed by atoms with E-state index in [4.69, 9.17) is 16.3 Å². The van der Waals surface area contributed by atoms with E-state index in [9.17, 15) is 18.0 Å². The zero-order valence-electron chi connectivity index (χ0n) is 20.0. The van der Waals surface area contributed by atoms with Gasteiger partial charge in [-0.15, -0.1) is 0 Å². The Kier molecular flexibility index (Phi) is 10.2. The predicted octanol–water partition coefficient (Wildman–Crippen LogP) is 3.45. The number of carbonyl (C=O) groups is 2. The van der Waals surface area contributed by atoms with Crippen molar-refractivity contribution in [2.75, 3.05) is 30.8 Å². The van der Waals surface area contributed by atoms with Gasteiger partial charge in [0.15, 0.2) is 0 Å². The van der Waals surface area contributed by atoms with Crippen LogP contribution >= 0.6 is 11.6 Å². The van der Waals surface area contributed by atoms with E-state index in [1.165, 1.54) is 16.3 Å². The summed E-state index contributed by atoms with van der Waals surface area (Å²) in [7, 11) is -2.04. The zero-order valence-corrected chi connectivity index (χ0v) is 21.5. The lowest BCUT2D eigenvalue weighted by molar-refractivity contribution is -0.140. The molecule has 0 bridgehead atoms. The van der Waals surface area contributed by atoms with Gasteiger partial charge in [0.05, 0.1) is 18.6 Å². The summed E-state index contributed by atoms with van der Waals surface area (Å²) < 4.78 is 31.5. The summed E-state index contributed by atoms with van der Waals surface area (Å²) >= 11 is 5.95. The van der Waals surface area contributed by atoms with Crippen LogP contribution in [0.4, 0.5) is 5.69 Å². The molecular formula is C24H32ClN3O5S. The Morgan fingerprint density at radius 3 is 2.24 bits per heavy atom. The highest BCUT2D eigenvalue weighted by molar-refractivity contribution is 7.92. The van der Waals surface area contributed by atoms with Gasteiger partial charge in [0.1, 0.15) is 11.8 Å². The highest BCUT2D eigenvalue weighted by Gasteiger charge is 2.26. The van der Waals surface area contributed by atoms with E-state index >= 15 is 0 Å². The number of hydrogen-bond donors (Lipinski definition) is 1. The first-order chi connectivity index (χ1) is 16.1. The van der Waals surface area contributed by atoms with Crippen LogP contribution in [0.3, 0.4) is 0 Å². The fourth-order valence-corrected chi connectivity index (χ4v) is 4.55. The van der Waals surface area contributed by atoms with Crippen LogP contribution in [-0.2, 0) is 26.2 Å². The lowest BCUT2D eigenvalue weighted by atomic mass is 10.1. The number of sulfonamides is 1. The first kappa shape index (κ1) is 27.5. The highest BCUT2D eigenvalue weighted by Crippen LogP contribution is 2.23. The third kappa shape index (κ3) is 7.92. The third-order valence-corrected chi connectivity index (χ3v) is 6.71. The van der Waals surface area contributed by atoms with E-state index in [0.717, 1.165) is 11.8 Å². The van der Waals surface area contributed by atoms with Gasteiger partial charge in [-0.3, -0.25) is 13.9 Å². The van der Waals surface area contributed by atoms with Gasteiger partial charge in [-0.2, -0.15) is 0 Å². The average Bonchev–Trinajstić information content (AvgIpc) is 2.80. The molecule has 2 rings (SSSR count). The van der Waals surface area contributed by atoms with Gasteiger partial charge in [-0.25, -0.2) is 8.42 Å². The molecule has 0 aliphatic rings. The Balaban J connectivity index is 2.12. The molecule has 34 heavy (non-hydrogen) atoms. The monoisotopic (exact) mass is 509 g/mol. The minimum Gasteiger partial charge on any atom is -0.494 e. The summed E-state index contributed by atoms with van der Waals surface area (Å²) in [6.45, 7) is 4.41. The smallest absolute Gasteiger partial charge is 0.242 e. The van der Waals surface area contributed by atoms with E-state index in [1.807, 2.05) is 6.92 Å². The van der Waals surface area contributed by atoms with Gasteiger partial charge in [-0.1, -0.05) is 23.7 Å². The number of rotatable bonds is 12. The molecule has 1 N–H and O–H groups in total. The molecular weight excluding hydrogens is 478 g/mol. The van der Waals surface area contributed by atoms with Crippen LogP contribution in [0.2, 0.25) is 5.02 Å². The predicted molar refractivity (Wildman–Crippen MR) is 135 cm³/mol. The highest BCUT2D eigenvalue weighted by atomic mass is 35.5. The number of ether oxygens (including phenoxy) is 1. The quantitative estimate of drug-likeness (QED) is 0.472. The second kappa shape index (κ2) is 12.6. The summed E-state index contributed by atoms with van der Waals surface area (Å²) in [6.07, 6.45) is 1.50. The number of benzene rings is 2. The van der Waals surface area contributed by atoms with Crippen molar-refractivity contribution in [2.24, 2.45) is 0 Å². The first-order valence-corrected chi connectivity index (χ1v) is 13.3. The van der Waals surface area contributed by atoms with Crippen molar-refractivity contribution in [3.63, 3.8) is 0 Å². The summed E-state index contributed by atoms with van der Waals surface area (Å²) in [5.74, 6) is 0.122. The lowest BCUT2D eigenvalue weighted by Gasteiger charge is -2.29. The van der Waals surface area contributed by atoms with Gasteiger partial charge < -0.3 is 15.0 Å². The van der Waals surface area contributed by atoms with Crippen LogP contribution in [0.5, 0.6) is 5.75 Å². The minimum absolute atomic E-state index is 0.0813. The van der Waals surface area contributed by atoms with Crippen molar-refractivity contribution in [3.05, 3.63) is 59.1 Å². The Labute approximate surface area is 206 Å². The molecule has 0 aromatic heterocycles. The van der Waals surface area contributed by atoms with Crippen LogP contribution in [0.25, 0.3) is 0 Å². The second-order valence-corrected chi connectivity index (χ2v) is 10.1. The van der Waals surface area contributed by atoms with Gasteiger partial charge in [-0.05, 0) is 62.2 Å². The number of anilines is 1. The lowest BCUT2D eigenvalue weighted by Crippen LogP contribution is -2.46. The molecule has 0 fully saturated rings. The van der Waals surface area contributed by atoms with E-state index in [0.29, 0.717) is 23.1 Å². The molecule has 0 unspecified atom stereocenters. The Hall–Kier alpha value is -2.78. The molecule has 8 nitrogen and oxygen atoms in total. The zero-order chi connectivity index (χ0) is 25.3. The van der Waals surface area contributed by atoms with Crippen LogP contribution in [-0.4, -0.2) is 57.6 Å². The standard InChI is InChI=1S/C24H32ClN3O5S/c1-5-33-22-14-12-21(13-15-22)28(34(4,31)32)16-6-7-23(29)27(18(2)24(30)26-3)17-19-8-10-20(25)11-9-19/h8-15,18H,5-7,16-17H2,1-4H3,(H,26,30)/t18-/m0/s1. The molecule has 1 atom stereocenters. The van der Waals surface area contributed by atoms with Crippen molar-refractivity contribution in [3.8, 4) is 5.75 Å². The Morgan fingerprint density at radius 1 is 1.09 bits per heavy atom. The van der Waals surface area contributed by atoms with Gasteiger partial charge in [0.2, 0.25) is 21.8 Å². The van der Waals surface area contributed by atoms with Crippen molar-refractivity contribution in [2.45, 2.75) is 39.3 Å². The molecule has 2 aromatic rings. The minimum atomic E-state index is -3.56. The topological polar surface area (TPSA) is 96.0 Å². The van der Waals surface area contributed by atoms with Crippen molar-refractivity contribution in [1.29, 1.82) is 0 Å². The van der Waals surface area contributed by atoms with Crippen molar-refractivity contribution < 1.29 is 22.7 Å². The molecule has 0 radical (unpaired) electrons. The molecule has 0 aliphatic heterocycles. The first-order valence-electron chi connectivity index (χ1n) is 11.0. The van der Waals surface area contributed by atoms with Gasteiger partial charge in [0, 0.05) is 31.6 Å². The number of nitrogens with one attached hydrogen (secondary N) is 1. The molecule has 2 amide bonds. The van der Waals surface area contributed by atoms with Crippen LogP contribution in [0, 0.1) is 0 Å². The summed E-state index contributed by atoms with van der Waals surface area (Å²) in [4.78, 5) is 26.8. The maximum atomic E-state index is 13.1. The molecule has 2 aromatic carbocycles. The fraction of sp³-hybridized carbons (Fsp3) is 0.417. The van der Waals surface area contributed by atoms with Crippen LogP contribution < -0.4 is 14.4 Å². The number of hydrogen-bond acceptors (Lipinski definition) is 5. The Bertz CT molecular complexity index is 1060. The van der Waals surface area contributed by atoms with E-state index < -0.39 is 16.1 Å². The number of carbonyl (C=O) groups excluding carboxylic acids is 2. The molecule has 0 saturated carbocycles. The van der Waals surface area contributed by atoms with E-state index in [1.54, 1.807) is 55.5 Å². The number of halogens is 1. The molecule has 0 heterocycles. The van der Waals surface area contributed by atoms with Crippen molar-refractivity contribution in [1.82, 2.24) is 10.2 Å². The largest absolute Gasteiger partial charge is 0.494 e. The molecule has 0 spiro atoms. The Morgan fingerprint density at radius 2 is 1.71 bits per heavy atom. The summed E-state index contributed by atoms with van der Waals surface area (Å²) in [5.41, 5.74) is 1.33. The van der Waals surface area contributed by atoms with Crippen LogP contribution in [0.15, 0.2) is 48.5 Å². The van der Waals surface area contributed by atoms with E-state index in [-0.39, 0.29) is 37.7 Å². The number of amides is 2. The fourth-order valence-electron chi connectivity index (χ4n) is 3.46. The van der Waals surface area contributed by atoms with Gasteiger partial charge >= 0.3 is 0 Å². The molecule has 186 valence electrons. The molecule has 0 saturated heterocycles. The normalized spacial score (nSPS) is 12.0. The second-order valence-electron chi connectivity index (χ2n) is 7.80. The van der Waals surface area contributed by atoms with Crippen LogP contribution in [0.1, 0.15) is 32.3 Å². The van der Waals surface area contributed by atoms with Gasteiger partial charge in [0.25, 0.3) is 0 Å². The van der Waals surface area contributed by atoms with E-state index in [2.05, 4.69) is 5.32 Å². The number of likely N-dealkylation sites (N-methyl/N-ethyl adjacent to an activating group) is 1. The van der Waals surface area contributed by atoms with Crippen molar-refractivity contribution >= 4 is 39.1 Å².